The average Bonchev–Trinajstić information content (AvgIpc) is 3.21. The molecule has 4 rings (SSSR count). The normalized spacial score (nSPS) is 10.6. The first kappa shape index (κ1) is 20.2. The van der Waals surface area contributed by atoms with Gasteiger partial charge in [0.2, 0.25) is 0 Å². The number of nitro benzene ring substituents is 1. The van der Waals surface area contributed by atoms with Crippen molar-refractivity contribution in [2.24, 2.45) is 0 Å². The van der Waals surface area contributed by atoms with Gasteiger partial charge in [-0.05, 0) is 54.6 Å². The number of carbonyl (C=O) groups is 1. The predicted molar refractivity (Wildman–Crippen MR) is 115 cm³/mol. The Bertz CT molecular complexity index is 1270. The molecule has 0 atom stereocenters. The zero-order chi connectivity index (χ0) is 22.0. The van der Waals surface area contributed by atoms with Crippen molar-refractivity contribution in [2.45, 2.75) is 0 Å². The number of rotatable bonds is 5. The van der Waals surface area contributed by atoms with Gasteiger partial charge in [-0.2, -0.15) is 5.10 Å². The van der Waals surface area contributed by atoms with Crippen LogP contribution in [0, 0.1) is 15.9 Å². The van der Waals surface area contributed by atoms with Crippen molar-refractivity contribution in [3.05, 3.63) is 106 Å². The Hall–Kier alpha value is -4.04. The lowest BCUT2D eigenvalue weighted by molar-refractivity contribution is -0.384. The minimum absolute atomic E-state index is 0.0354. The lowest BCUT2D eigenvalue weighted by Crippen LogP contribution is -2.17. The maximum atomic E-state index is 14.0. The van der Waals surface area contributed by atoms with Crippen molar-refractivity contribution < 1.29 is 14.1 Å². The molecule has 0 aliphatic rings. The predicted octanol–water partition coefficient (Wildman–Crippen LogP) is 5.49. The first-order valence-corrected chi connectivity index (χ1v) is 9.47. The highest BCUT2D eigenvalue weighted by Crippen LogP contribution is 2.25. The van der Waals surface area contributed by atoms with E-state index in [2.05, 4.69) is 10.4 Å². The fourth-order valence-electron chi connectivity index (χ4n) is 2.97. The first-order valence-electron chi connectivity index (χ1n) is 9.09. The second-order valence-electron chi connectivity index (χ2n) is 6.54. The van der Waals surface area contributed by atoms with Gasteiger partial charge in [0.25, 0.3) is 11.6 Å². The number of amides is 1. The fourth-order valence-corrected chi connectivity index (χ4v) is 3.09. The number of halogens is 2. The number of benzene rings is 3. The highest BCUT2D eigenvalue weighted by Gasteiger charge is 2.19. The fraction of sp³-hybridized carbons (Fsp3) is 0. The van der Waals surface area contributed by atoms with E-state index < -0.39 is 16.6 Å². The van der Waals surface area contributed by atoms with Crippen LogP contribution in [0.15, 0.2) is 78.9 Å². The van der Waals surface area contributed by atoms with Crippen molar-refractivity contribution in [1.29, 1.82) is 0 Å². The van der Waals surface area contributed by atoms with Crippen molar-refractivity contribution in [3.63, 3.8) is 0 Å². The summed E-state index contributed by atoms with van der Waals surface area (Å²) in [6, 6.07) is 19.9. The van der Waals surface area contributed by atoms with Crippen LogP contribution in [0.25, 0.3) is 16.9 Å². The topological polar surface area (TPSA) is 90.1 Å². The highest BCUT2D eigenvalue weighted by atomic mass is 35.5. The molecule has 1 amide bonds. The van der Waals surface area contributed by atoms with E-state index in [9.17, 15) is 19.3 Å². The quantitative estimate of drug-likeness (QED) is 0.330. The number of para-hydroxylation sites is 1. The molecule has 0 saturated heterocycles. The van der Waals surface area contributed by atoms with Crippen molar-refractivity contribution in [3.8, 4) is 16.9 Å². The number of hydrogen-bond acceptors (Lipinski definition) is 4. The lowest BCUT2D eigenvalue weighted by atomic mass is 10.1. The summed E-state index contributed by atoms with van der Waals surface area (Å²) in [6.45, 7) is 0. The smallest absolute Gasteiger partial charge is 0.274 e. The van der Waals surface area contributed by atoms with E-state index in [0.717, 1.165) is 0 Å². The van der Waals surface area contributed by atoms with Gasteiger partial charge in [0.05, 0.1) is 22.0 Å². The minimum atomic E-state index is -0.569. The van der Waals surface area contributed by atoms with E-state index >= 15 is 0 Å². The van der Waals surface area contributed by atoms with Gasteiger partial charge in [0, 0.05) is 22.7 Å². The Kier molecular flexibility index (Phi) is 5.46. The van der Waals surface area contributed by atoms with Crippen LogP contribution in [0.1, 0.15) is 10.5 Å². The van der Waals surface area contributed by atoms with E-state index in [-0.39, 0.29) is 17.1 Å². The van der Waals surface area contributed by atoms with Crippen molar-refractivity contribution in [1.82, 2.24) is 9.78 Å². The maximum Gasteiger partial charge on any atom is 0.274 e. The Morgan fingerprint density at radius 1 is 1.03 bits per heavy atom. The zero-order valence-corrected chi connectivity index (χ0v) is 16.6. The molecule has 3 aromatic carbocycles. The van der Waals surface area contributed by atoms with Gasteiger partial charge in [-0.1, -0.05) is 23.7 Å². The number of nitro groups is 1. The second-order valence-corrected chi connectivity index (χ2v) is 6.98. The summed E-state index contributed by atoms with van der Waals surface area (Å²) >= 11 is 5.96. The van der Waals surface area contributed by atoms with Gasteiger partial charge in [-0.15, -0.1) is 0 Å². The number of carbonyl (C=O) groups excluding carboxylic acids is 1. The molecular weight excluding hydrogens is 423 g/mol. The Morgan fingerprint density at radius 2 is 1.71 bits per heavy atom. The van der Waals surface area contributed by atoms with Gasteiger partial charge in [0.1, 0.15) is 11.5 Å². The van der Waals surface area contributed by atoms with Crippen LogP contribution in [0.2, 0.25) is 5.02 Å². The molecule has 0 radical (unpaired) electrons. The van der Waals surface area contributed by atoms with E-state index in [1.54, 1.807) is 42.5 Å². The summed E-state index contributed by atoms with van der Waals surface area (Å²) in [5, 5.41) is 18.5. The SMILES string of the molecule is O=C(Nc1ccccc1F)c1cc(-c2ccc([N+](=O)[O-])cc2)nn1-c1ccc(Cl)cc1. The lowest BCUT2D eigenvalue weighted by Gasteiger charge is -2.09. The summed E-state index contributed by atoms with van der Waals surface area (Å²) in [7, 11) is 0. The van der Waals surface area contributed by atoms with Crippen LogP contribution in [-0.4, -0.2) is 20.6 Å². The molecule has 9 heteroatoms. The summed E-state index contributed by atoms with van der Waals surface area (Å²) < 4.78 is 15.4. The monoisotopic (exact) mass is 436 g/mol. The van der Waals surface area contributed by atoms with E-state index in [4.69, 9.17) is 11.6 Å². The van der Waals surface area contributed by atoms with Gasteiger partial charge in [-0.3, -0.25) is 14.9 Å². The van der Waals surface area contributed by atoms with Crippen molar-refractivity contribution >= 4 is 28.9 Å². The maximum absolute atomic E-state index is 14.0. The highest BCUT2D eigenvalue weighted by molar-refractivity contribution is 6.30. The Labute approximate surface area is 180 Å². The average molecular weight is 437 g/mol. The second kappa shape index (κ2) is 8.37. The largest absolute Gasteiger partial charge is 0.318 e. The zero-order valence-electron chi connectivity index (χ0n) is 15.8. The summed E-state index contributed by atoms with van der Waals surface area (Å²) in [4.78, 5) is 23.4. The third-order valence-corrected chi connectivity index (χ3v) is 4.76. The number of aromatic nitrogens is 2. The molecule has 1 heterocycles. The first-order chi connectivity index (χ1) is 14.9. The number of anilines is 1. The summed E-state index contributed by atoms with van der Waals surface area (Å²) in [5.74, 6) is -1.13. The molecule has 0 saturated carbocycles. The molecule has 31 heavy (non-hydrogen) atoms. The Balaban J connectivity index is 1.76. The molecule has 1 aromatic heterocycles. The van der Waals surface area contributed by atoms with Crippen LogP contribution in [0.3, 0.4) is 0 Å². The van der Waals surface area contributed by atoms with E-state index in [1.165, 1.54) is 41.1 Å². The van der Waals surface area contributed by atoms with E-state index in [0.29, 0.717) is 22.0 Å². The molecule has 4 aromatic rings. The molecule has 1 N–H and O–H groups in total. The molecule has 154 valence electrons. The molecule has 0 unspecified atom stereocenters. The van der Waals surface area contributed by atoms with Crippen LogP contribution >= 0.6 is 11.6 Å². The third-order valence-electron chi connectivity index (χ3n) is 4.51. The van der Waals surface area contributed by atoms with Crippen LogP contribution in [0.5, 0.6) is 0 Å². The van der Waals surface area contributed by atoms with Crippen LogP contribution in [-0.2, 0) is 0 Å². The minimum Gasteiger partial charge on any atom is -0.318 e. The van der Waals surface area contributed by atoms with Crippen molar-refractivity contribution in [2.75, 3.05) is 5.32 Å². The molecule has 0 fully saturated rings. The third kappa shape index (κ3) is 4.29. The van der Waals surface area contributed by atoms with E-state index in [1.807, 2.05) is 0 Å². The van der Waals surface area contributed by atoms with Gasteiger partial charge >= 0.3 is 0 Å². The molecule has 0 aliphatic heterocycles. The Morgan fingerprint density at radius 3 is 2.35 bits per heavy atom. The standard InChI is InChI=1S/C22H14ClFN4O3/c23-15-7-11-16(12-8-15)27-21(22(29)25-19-4-2-1-3-18(19)24)13-20(26-27)14-5-9-17(10-6-14)28(30)31/h1-13H,(H,25,29). The number of nitrogens with one attached hydrogen (secondary N) is 1. The summed E-state index contributed by atoms with van der Waals surface area (Å²) in [5.41, 5.74) is 1.70. The molecule has 0 spiro atoms. The molecule has 0 bridgehead atoms. The number of hydrogen-bond donors (Lipinski definition) is 1. The van der Waals surface area contributed by atoms with Gasteiger partial charge in [-0.25, -0.2) is 9.07 Å². The molecular formula is C22H14ClFN4O3. The number of nitrogens with zero attached hydrogens (tertiary/aromatic N) is 3. The van der Waals surface area contributed by atoms with Crippen LogP contribution < -0.4 is 5.32 Å². The molecule has 0 aliphatic carbocycles. The van der Waals surface area contributed by atoms with Gasteiger partial charge in [0.15, 0.2) is 0 Å². The van der Waals surface area contributed by atoms with Crippen LogP contribution in [0.4, 0.5) is 15.8 Å². The number of non-ortho nitro benzene ring substituents is 1. The summed E-state index contributed by atoms with van der Waals surface area (Å²) in [6.07, 6.45) is 0. The molecule has 7 nitrogen and oxygen atoms in total. The van der Waals surface area contributed by atoms with Gasteiger partial charge < -0.3 is 5.32 Å².